The lowest BCUT2D eigenvalue weighted by Crippen LogP contribution is -1.99. The quantitative estimate of drug-likeness (QED) is 0.599. The Morgan fingerprint density at radius 1 is 1.21 bits per heavy atom. The summed E-state index contributed by atoms with van der Waals surface area (Å²) in [6, 6.07) is 0. The van der Waals surface area contributed by atoms with Gasteiger partial charge in [0.25, 0.3) is 0 Å². The zero-order valence-corrected chi connectivity index (χ0v) is 10.7. The van der Waals surface area contributed by atoms with E-state index in [1.165, 1.54) is 0 Å². The first-order chi connectivity index (χ1) is 6.56. The van der Waals surface area contributed by atoms with Crippen molar-refractivity contribution in [1.29, 1.82) is 0 Å². The van der Waals surface area contributed by atoms with Crippen LogP contribution in [0.25, 0.3) is 0 Å². The minimum atomic E-state index is 0.241. The second-order valence-corrected chi connectivity index (χ2v) is 5.07. The summed E-state index contributed by atoms with van der Waals surface area (Å²) in [4.78, 5) is 9.18. The predicted octanol–water partition coefficient (Wildman–Crippen LogP) is 4.02. The van der Waals surface area contributed by atoms with Crippen LogP contribution in [-0.4, -0.2) is 15.7 Å². The molecular weight excluding hydrogens is 239 g/mol. The number of hydrogen-bond acceptors (Lipinski definition) is 3. The lowest BCUT2D eigenvalue weighted by molar-refractivity contribution is 0.766. The Labute approximate surface area is 98.4 Å². The Morgan fingerprint density at radius 3 is 2.07 bits per heavy atom. The summed E-state index contributed by atoms with van der Waals surface area (Å²) in [6.45, 7) is 6.05. The van der Waals surface area contributed by atoms with Gasteiger partial charge in [-0.15, -0.1) is 11.8 Å². The third-order valence-corrected chi connectivity index (χ3v) is 3.34. The molecule has 1 aromatic rings. The fourth-order valence-corrected chi connectivity index (χ4v) is 2.28. The summed E-state index contributed by atoms with van der Waals surface area (Å²) in [5.41, 5.74) is 0. The maximum atomic E-state index is 6.00. The Hall–Kier alpha value is 0.01000. The molecule has 0 aliphatic rings. The Balaban J connectivity index is 3.11. The molecule has 0 aromatic carbocycles. The van der Waals surface area contributed by atoms with E-state index in [1.807, 2.05) is 20.8 Å². The van der Waals surface area contributed by atoms with E-state index in [4.69, 9.17) is 23.2 Å². The molecule has 0 amide bonds. The molecule has 0 fully saturated rings. The zero-order valence-electron chi connectivity index (χ0n) is 8.34. The summed E-state index contributed by atoms with van der Waals surface area (Å²) in [7, 11) is 0. The van der Waals surface area contributed by atoms with Crippen molar-refractivity contribution >= 4 is 35.0 Å². The topological polar surface area (TPSA) is 25.8 Å². The van der Waals surface area contributed by atoms with Gasteiger partial charge >= 0.3 is 0 Å². The molecule has 0 bridgehead atoms. The molecule has 1 heterocycles. The van der Waals surface area contributed by atoms with Gasteiger partial charge in [0.05, 0.1) is 4.90 Å². The second kappa shape index (κ2) is 5.19. The van der Waals surface area contributed by atoms with Gasteiger partial charge in [-0.2, -0.15) is 0 Å². The maximum absolute atomic E-state index is 6.00. The molecule has 5 heteroatoms. The molecule has 1 rings (SSSR count). The molecule has 78 valence electrons. The normalized spacial score (nSPS) is 11.0. The largest absolute Gasteiger partial charge is 0.220 e. The standard InChI is InChI=1S/C9H12Cl2N2S/c1-4-14-6-7(10)12-9(5(2)3)13-8(6)11/h5H,4H2,1-3H3. The van der Waals surface area contributed by atoms with E-state index >= 15 is 0 Å². The van der Waals surface area contributed by atoms with E-state index in [9.17, 15) is 0 Å². The van der Waals surface area contributed by atoms with Gasteiger partial charge in [-0.1, -0.05) is 44.0 Å². The molecule has 0 aliphatic carbocycles. The van der Waals surface area contributed by atoms with Gasteiger partial charge in [-0.25, -0.2) is 9.97 Å². The summed E-state index contributed by atoms with van der Waals surface area (Å²) < 4.78 is 0. The van der Waals surface area contributed by atoms with Crippen LogP contribution in [0.15, 0.2) is 4.90 Å². The molecule has 0 radical (unpaired) electrons. The first kappa shape index (κ1) is 12.1. The smallest absolute Gasteiger partial charge is 0.147 e. The third-order valence-electron chi connectivity index (χ3n) is 1.61. The van der Waals surface area contributed by atoms with E-state index in [0.29, 0.717) is 16.1 Å². The molecule has 14 heavy (non-hydrogen) atoms. The maximum Gasteiger partial charge on any atom is 0.147 e. The van der Waals surface area contributed by atoms with E-state index < -0.39 is 0 Å². The lowest BCUT2D eigenvalue weighted by Gasteiger charge is -2.08. The van der Waals surface area contributed by atoms with Crippen molar-refractivity contribution in [3.63, 3.8) is 0 Å². The zero-order chi connectivity index (χ0) is 10.7. The van der Waals surface area contributed by atoms with Crippen molar-refractivity contribution in [1.82, 2.24) is 9.97 Å². The van der Waals surface area contributed by atoms with Crippen LogP contribution in [-0.2, 0) is 0 Å². The fraction of sp³-hybridized carbons (Fsp3) is 0.556. The van der Waals surface area contributed by atoms with Crippen molar-refractivity contribution in [2.75, 3.05) is 5.75 Å². The molecule has 0 spiro atoms. The number of hydrogen-bond donors (Lipinski definition) is 0. The molecule has 0 saturated carbocycles. The van der Waals surface area contributed by atoms with E-state index in [-0.39, 0.29) is 5.92 Å². The van der Waals surface area contributed by atoms with Gasteiger partial charge in [0, 0.05) is 5.92 Å². The fourth-order valence-electron chi connectivity index (χ4n) is 0.934. The molecule has 1 aromatic heterocycles. The van der Waals surface area contributed by atoms with Crippen LogP contribution in [0.2, 0.25) is 10.3 Å². The van der Waals surface area contributed by atoms with Gasteiger partial charge < -0.3 is 0 Å². The molecule has 0 N–H and O–H groups in total. The Bertz CT molecular complexity index is 306. The highest BCUT2D eigenvalue weighted by Gasteiger charge is 2.13. The number of halogens is 2. The number of rotatable bonds is 3. The van der Waals surface area contributed by atoms with Crippen LogP contribution in [0.3, 0.4) is 0 Å². The van der Waals surface area contributed by atoms with Crippen LogP contribution in [0.1, 0.15) is 32.5 Å². The van der Waals surface area contributed by atoms with E-state index in [1.54, 1.807) is 11.8 Å². The number of nitrogens with zero attached hydrogens (tertiary/aromatic N) is 2. The summed E-state index contributed by atoms with van der Waals surface area (Å²) in [5.74, 6) is 1.84. The first-order valence-corrected chi connectivity index (χ1v) is 6.16. The Morgan fingerprint density at radius 2 is 1.71 bits per heavy atom. The van der Waals surface area contributed by atoms with Crippen LogP contribution < -0.4 is 0 Å². The average Bonchev–Trinajstić information content (AvgIpc) is 2.10. The minimum Gasteiger partial charge on any atom is -0.220 e. The third kappa shape index (κ3) is 2.75. The monoisotopic (exact) mass is 250 g/mol. The minimum absolute atomic E-state index is 0.241. The molecule has 0 aliphatic heterocycles. The van der Waals surface area contributed by atoms with Crippen molar-refractivity contribution < 1.29 is 0 Å². The van der Waals surface area contributed by atoms with Gasteiger partial charge in [0.1, 0.15) is 16.1 Å². The molecular formula is C9H12Cl2N2S. The van der Waals surface area contributed by atoms with Crippen molar-refractivity contribution in [3.05, 3.63) is 16.1 Å². The van der Waals surface area contributed by atoms with Crippen LogP contribution in [0.5, 0.6) is 0 Å². The van der Waals surface area contributed by atoms with Crippen LogP contribution in [0.4, 0.5) is 0 Å². The SMILES string of the molecule is CCSc1c(Cl)nc(C(C)C)nc1Cl. The van der Waals surface area contributed by atoms with Gasteiger partial charge in [0.15, 0.2) is 0 Å². The molecule has 0 unspecified atom stereocenters. The predicted molar refractivity (Wildman–Crippen MR) is 62.5 cm³/mol. The van der Waals surface area contributed by atoms with Crippen molar-refractivity contribution in [3.8, 4) is 0 Å². The van der Waals surface area contributed by atoms with Crippen LogP contribution in [0, 0.1) is 0 Å². The first-order valence-electron chi connectivity index (χ1n) is 4.42. The summed E-state index contributed by atoms with van der Waals surface area (Å²) >= 11 is 13.6. The van der Waals surface area contributed by atoms with Gasteiger partial charge in [0.2, 0.25) is 0 Å². The lowest BCUT2D eigenvalue weighted by atomic mass is 10.2. The van der Waals surface area contributed by atoms with E-state index in [0.717, 1.165) is 10.6 Å². The highest BCUT2D eigenvalue weighted by Crippen LogP contribution is 2.32. The highest BCUT2D eigenvalue weighted by molar-refractivity contribution is 7.99. The number of thioether (sulfide) groups is 1. The Kier molecular flexibility index (Phi) is 4.48. The molecule has 0 saturated heterocycles. The van der Waals surface area contributed by atoms with Gasteiger partial charge in [-0.3, -0.25) is 0 Å². The summed E-state index contributed by atoms with van der Waals surface area (Å²) in [6.07, 6.45) is 0. The van der Waals surface area contributed by atoms with Gasteiger partial charge in [-0.05, 0) is 5.75 Å². The highest BCUT2D eigenvalue weighted by atomic mass is 35.5. The number of aromatic nitrogens is 2. The second-order valence-electron chi connectivity index (χ2n) is 3.08. The molecule has 0 atom stereocenters. The van der Waals surface area contributed by atoms with Crippen molar-refractivity contribution in [2.45, 2.75) is 31.6 Å². The molecule has 2 nitrogen and oxygen atoms in total. The van der Waals surface area contributed by atoms with Crippen LogP contribution >= 0.6 is 35.0 Å². The van der Waals surface area contributed by atoms with Crippen molar-refractivity contribution in [2.24, 2.45) is 0 Å². The van der Waals surface area contributed by atoms with E-state index in [2.05, 4.69) is 9.97 Å². The average molecular weight is 251 g/mol. The summed E-state index contributed by atoms with van der Waals surface area (Å²) in [5, 5.41) is 0.918.